The number of nitrogens with one attached hydrogen (secondary N) is 1. The first-order chi connectivity index (χ1) is 10.3. The van der Waals surface area contributed by atoms with Crippen molar-refractivity contribution in [3.63, 3.8) is 0 Å². The van der Waals surface area contributed by atoms with Gasteiger partial charge in [-0.15, -0.1) is 0 Å². The lowest BCUT2D eigenvalue weighted by Crippen LogP contribution is -2.36. The van der Waals surface area contributed by atoms with Crippen molar-refractivity contribution in [3.05, 3.63) is 0 Å². The monoisotopic (exact) mass is 289 g/mol. The molecule has 3 heterocycles. The van der Waals surface area contributed by atoms with Crippen molar-refractivity contribution in [2.45, 2.75) is 44.6 Å². The van der Waals surface area contributed by atoms with Crippen LogP contribution in [0.5, 0.6) is 0 Å². The predicted molar refractivity (Wildman–Crippen MR) is 82.2 cm³/mol. The molecule has 114 valence electrons. The second-order valence-electron chi connectivity index (χ2n) is 6.44. The molecule has 0 aromatic carbocycles. The molecule has 1 aliphatic carbocycles. The van der Waals surface area contributed by atoms with Crippen molar-refractivity contribution in [2.24, 2.45) is 11.8 Å². The molecule has 3 N–H and O–H groups in total. The number of nitrogen functional groups attached to an aromatic ring is 1. The van der Waals surface area contributed by atoms with Crippen molar-refractivity contribution in [1.29, 1.82) is 0 Å². The third-order valence-corrected chi connectivity index (χ3v) is 5.05. The molecule has 21 heavy (non-hydrogen) atoms. The van der Waals surface area contributed by atoms with Crippen LogP contribution in [0.2, 0.25) is 0 Å². The second-order valence-corrected chi connectivity index (χ2v) is 6.44. The Labute approximate surface area is 124 Å². The Kier molecular flexibility index (Phi) is 3.29. The van der Waals surface area contributed by atoms with E-state index in [2.05, 4.69) is 25.2 Å². The molecule has 4 rings (SSSR count). The first-order valence-electron chi connectivity index (χ1n) is 8.08. The summed E-state index contributed by atoms with van der Waals surface area (Å²) in [6.45, 7) is 3.14. The number of anilines is 3. The van der Waals surface area contributed by atoms with Crippen LogP contribution in [0.1, 0.15) is 38.5 Å². The van der Waals surface area contributed by atoms with Gasteiger partial charge in [-0.05, 0) is 44.4 Å². The van der Waals surface area contributed by atoms with Gasteiger partial charge in [0.1, 0.15) is 0 Å². The van der Waals surface area contributed by atoms with Crippen LogP contribution in [0, 0.1) is 5.92 Å². The Morgan fingerprint density at radius 1 is 1.00 bits per heavy atom. The largest absolute Gasteiger partial charge is 0.341 e. The molecule has 0 amide bonds. The Morgan fingerprint density at radius 3 is 2.48 bits per heavy atom. The van der Waals surface area contributed by atoms with E-state index in [4.69, 9.17) is 10.8 Å². The van der Waals surface area contributed by atoms with Crippen LogP contribution in [-0.2, 0) is 0 Å². The molecule has 2 saturated heterocycles. The third-order valence-electron chi connectivity index (χ3n) is 5.05. The molecule has 1 aromatic rings. The van der Waals surface area contributed by atoms with Gasteiger partial charge in [-0.2, -0.15) is 15.0 Å². The van der Waals surface area contributed by atoms with Crippen molar-refractivity contribution >= 4 is 17.8 Å². The van der Waals surface area contributed by atoms with E-state index in [9.17, 15) is 0 Å². The van der Waals surface area contributed by atoms with E-state index in [0.29, 0.717) is 12.0 Å². The molecule has 3 fully saturated rings. The second kappa shape index (κ2) is 5.29. The fourth-order valence-electron chi connectivity index (χ4n) is 3.95. The maximum absolute atomic E-state index is 5.55. The summed E-state index contributed by atoms with van der Waals surface area (Å²) in [6, 6.07) is 0.609. The van der Waals surface area contributed by atoms with E-state index in [0.717, 1.165) is 37.4 Å². The maximum Gasteiger partial charge on any atom is 0.243 e. The van der Waals surface area contributed by atoms with Crippen LogP contribution in [0.15, 0.2) is 0 Å². The summed E-state index contributed by atoms with van der Waals surface area (Å²) in [5.41, 5.74) is 2.60. The van der Waals surface area contributed by atoms with E-state index in [1.54, 1.807) is 0 Å². The van der Waals surface area contributed by atoms with Crippen LogP contribution >= 0.6 is 0 Å². The lowest BCUT2D eigenvalue weighted by atomic mass is 10.1. The van der Waals surface area contributed by atoms with Gasteiger partial charge in [-0.25, -0.2) is 5.84 Å². The van der Waals surface area contributed by atoms with Gasteiger partial charge >= 0.3 is 0 Å². The minimum Gasteiger partial charge on any atom is -0.341 e. The van der Waals surface area contributed by atoms with Gasteiger partial charge in [-0.3, -0.25) is 5.43 Å². The fourth-order valence-corrected chi connectivity index (χ4v) is 3.95. The normalized spacial score (nSPS) is 28.2. The first kappa shape index (κ1) is 13.1. The molecule has 1 saturated carbocycles. The van der Waals surface area contributed by atoms with Crippen LogP contribution in [-0.4, -0.2) is 40.6 Å². The quantitative estimate of drug-likeness (QED) is 0.637. The zero-order chi connectivity index (χ0) is 14.2. The Bertz CT molecular complexity index is 514. The number of hydrogen-bond acceptors (Lipinski definition) is 7. The Balaban J connectivity index is 1.63. The molecule has 2 aliphatic heterocycles. The summed E-state index contributed by atoms with van der Waals surface area (Å²) in [4.78, 5) is 18.3. The standard InChI is InChI=1S/C14H23N7/c15-19-12-16-13(20-6-2-1-3-7-20)18-14(17-12)21-9-10-4-5-11(21)8-10/h10-11H,1-9,15H2,(H,16,17,18,19). The van der Waals surface area contributed by atoms with Crippen LogP contribution in [0.25, 0.3) is 0 Å². The minimum absolute atomic E-state index is 0.475. The smallest absolute Gasteiger partial charge is 0.243 e. The van der Waals surface area contributed by atoms with Crippen molar-refractivity contribution in [2.75, 3.05) is 34.9 Å². The molecule has 0 radical (unpaired) electrons. The molecule has 7 nitrogen and oxygen atoms in total. The molecular weight excluding hydrogens is 266 g/mol. The molecule has 2 bridgehead atoms. The number of aromatic nitrogens is 3. The van der Waals surface area contributed by atoms with E-state index in [-0.39, 0.29) is 0 Å². The van der Waals surface area contributed by atoms with E-state index in [1.165, 1.54) is 38.5 Å². The minimum atomic E-state index is 0.475. The fraction of sp³-hybridized carbons (Fsp3) is 0.786. The highest BCUT2D eigenvalue weighted by molar-refractivity contribution is 5.46. The molecule has 7 heteroatoms. The summed E-state index contributed by atoms with van der Waals surface area (Å²) < 4.78 is 0. The van der Waals surface area contributed by atoms with Gasteiger partial charge < -0.3 is 9.80 Å². The van der Waals surface area contributed by atoms with Crippen LogP contribution < -0.4 is 21.1 Å². The highest BCUT2D eigenvalue weighted by atomic mass is 15.4. The summed E-state index contributed by atoms with van der Waals surface area (Å²) >= 11 is 0. The average molecular weight is 289 g/mol. The lowest BCUT2D eigenvalue weighted by Gasteiger charge is -2.30. The lowest BCUT2D eigenvalue weighted by molar-refractivity contribution is 0.542. The average Bonchev–Trinajstić information content (AvgIpc) is 3.18. The van der Waals surface area contributed by atoms with Gasteiger partial charge in [0.05, 0.1) is 0 Å². The number of rotatable bonds is 3. The first-order valence-corrected chi connectivity index (χ1v) is 8.08. The predicted octanol–water partition coefficient (Wildman–Crippen LogP) is 1.14. The molecule has 2 atom stereocenters. The summed E-state index contributed by atoms with van der Waals surface area (Å²) in [5.74, 6) is 8.42. The van der Waals surface area contributed by atoms with E-state index < -0.39 is 0 Å². The molecular formula is C14H23N7. The third kappa shape index (κ3) is 2.39. The zero-order valence-electron chi connectivity index (χ0n) is 12.3. The summed E-state index contributed by atoms with van der Waals surface area (Å²) in [5, 5.41) is 0. The number of hydrogen-bond donors (Lipinski definition) is 2. The topological polar surface area (TPSA) is 83.2 Å². The molecule has 0 spiro atoms. The highest BCUT2D eigenvalue weighted by Gasteiger charge is 2.39. The van der Waals surface area contributed by atoms with Gasteiger partial charge in [-0.1, -0.05) is 0 Å². The summed E-state index contributed by atoms with van der Waals surface area (Å²) in [6.07, 6.45) is 7.62. The number of nitrogens with zero attached hydrogens (tertiary/aromatic N) is 5. The Hall–Kier alpha value is -1.63. The maximum atomic E-state index is 5.55. The van der Waals surface area contributed by atoms with Crippen molar-refractivity contribution in [1.82, 2.24) is 15.0 Å². The molecule has 1 aromatic heterocycles. The van der Waals surface area contributed by atoms with Gasteiger partial charge in [0.15, 0.2) is 0 Å². The van der Waals surface area contributed by atoms with E-state index in [1.807, 2.05) is 0 Å². The number of hydrazine groups is 1. The summed E-state index contributed by atoms with van der Waals surface area (Å²) in [7, 11) is 0. The van der Waals surface area contributed by atoms with E-state index >= 15 is 0 Å². The highest BCUT2D eigenvalue weighted by Crippen LogP contribution is 2.39. The number of fused-ring (bicyclic) bond motifs is 2. The van der Waals surface area contributed by atoms with Crippen molar-refractivity contribution in [3.8, 4) is 0 Å². The number of nitrogens with two attached hydrogens (primary N) is 1. The molecule has 2 unspecified atom stereocenters. The van der Waals surface area contributed by atoms with Crippen LogP contribution in [0.3, 0.4) is 0 Å². The van der Waals surface area contributed by atoms with Gasteiger partial charge in [0.2, 0.25) is 17.8 Å². The SMILES string of the molecule is NNc1nc(N2CCCCC2)nc(N2CC3CCC2C3)n1. The number of piperidine rings is 2. The Morgan fingerprint density at radius 2 is 1.81 bits per heavy atom. The van der Waals surface area contributed by atoms with Crippen LogP contribution in [0.4, 0.5) is 17.8 Å². The van der Waals surface area contributed by atoms with Gasteiger partial charge in [0.25, 0.3) is 0 Å². The van der Waals surface area contributed by atoms with Gasteiger partial charge in [0, 0.05) is 25.7 Å². The molecule has 3 aliphatic rings. The zero-order valence-corrected chi connectivity index (χ0v) is 12.3. The van der Waals surface area contributed by atoms with Crippen molar-refractivity contribution < 1.29 is 0 Å².